The van der Waals surface area contributed by atoms with Gasteiger partial charge in [0.05, 0.1) is 11.6 Å². The third-order valence-corrected chi connectivity index (χ3v) is 1.83. The van der Waals surface area contributed by atoms with Gasteiger partial charge in [0.2, 0.25) is 0 Å². The third-order valence-electron chi connectivity index (χ3n) is 1.48. The van der Waals surface area contributed by atoms with E-state index in [-0.39, 0.29) is 5.97 Å². The molecule has 1 heterocycles. The van der Waals surface area contributed by atoms with Gasteiger partial charge in [0.15, 0.2) is 0 Å². The average molecular weight is 212 g/mol. The first-order valence-electron chi connectivity index (χ1n) is 4.18. The quantitative estimate of drug-likeness (QED) is 0.569. The lowest BCUT2D eigenvalue weighted by Gasteiger charge is -1.96. The molecular formula is C10H10ClNO2. The van der Waals surface area contributed by atoms with Crippen molar-refractivity contribution >= 4 is 23.6 Å². The highest BCUT2D eigenvalue weighted by Gasteiger charge is 1.97. The van der Waals surface area contributed by atoms with Gasteiger partial charge in [-0.2, -0.15) is 0 Å². The van der Waals surface area contributed by atoms with Crippen LogP contribution in [0.1, 0.15) is 12.5 Å². The van der Waals surface area contributed by atoms with Crippen LogP contribution in [0.3, 0.4) is 0 Å². The Morgan fingerprint density at radius 2 is 2.50 bits per heavy atom. The highest BCUT2D eigenvalue weighted by atomic mass is 35.5. The van der Waals surface area contributed by atoms with Crippen LogP contribution in [-0.4, -0.2) is 17.6 Å². The SMILES string of the molecule is CCOC(=O)C=Cc1cnccc1Cl. The van der Waals surface area contributed by atoms with Crippen LogP contribution in [0.15, 0.2) is 24.5 Å². The first-order valence-corrected chi connectivity index (χ1v) is 4.56. The lowest BCUT2D eigenvalue weighted by molar-refractivity contribution is -0.137. The monoisotopic (exact) mass is 211 g/mol. The first-order chi connectivity index (χ1) is 6.74. The number of aromatic nitrogens is 1. The van der Waals surface area contributed by atoms with Crippen molar-refractivity contribution in [3.8, 4) is 0 Å². The molecule has 0 bridgehead atoms. The van der Waals surface area contributed by atoms with Crippen LogP contribution < -0.4 is 0 Å². The summed E-state index contributed by atoms with van der Waals surface area (Å²) in [5.74, 6) is -0.382. The van der Waals surface area contributed by atoms with Crippen molar-refractivity contribution in [1.29, 1.82) is 0 Å². The Morgan fingerprint density at radius 3 is 3.14 bits per heavy atom. The molecule has 1 rings (SSSR count). The number of halogens is 1. The van der Waals surface area contributed by atoms with Crippen molar-refractivity contribution in [2.45, 2.75) is 6.92 Å². The van der Waals surface area contributed by atoms with Crippen LogP contribution in [0.4, 0.5) is 0 Å². The van der Waals surface area contributed by atoms with Crippen molar-refractivity contribution in [2.24, 2.45) is 0 Å². The molecular weight excluding hydrogens is 202 g/mol. The zero-order valence-corrected chi connectivity index (χ0v) is 8.49. The first kappa shape index (κ1) is 10.7. The number of ether oxygens (including phenoxy) is 1. The summed E-state index contributed by atoms with van der Waals surface area (Å²) in [6.07, 6.45) is 6.07. The second-order valence-electron chi connectivity index (χ2n) is 2.48. The van der Waals surface area contributed by atoms with Crippen molar-refractivity contribution in [3.63, 3.8) is 0 Å². The van der Waals surface area contributed by atoms with E-state index >= 15 is 0 Å². The average Bonchev–Trinajstić information content (AvgIpc) is 2.17. The molecule has 0 unspecified atom stereocenters. The van der Waals surface area contributed by atoms with Crippen molar-refractivity contribution < 1.29 is 9.53 Å². The summed E-state index contributed by atoms with van der Waals surface area (Å²) in [4.78, 5) is 14.8. The Kier molecular flexibility index (Phi) is 4.13. The summed E-state index contributed by atoms with van der Waals surface area (Å²) in [7, 11) is 0. The van der Waals surface area contributed by atoms with Gasteiger partial charge in [0.25, 0.3) is 0 Å². The van der Waals surface area contributed by atoms with E-state index in [0.29, 0.717) is 17.2 Å². The number of esters is 1. The molecule has 0 atom stereocenters. The maximum absolute atomic E-state index is 11.0. The number of hydrogen-bond donors (Lipinski definition) is 0. The number of carbonyl (C=O) groups excluding carboxylic acids is 1. The minimum Gasteiger partial charge on any atom is -0.463 e. The summed E-state index contributed by atoms with van der Waals surface area (Å²) < 4.78 is 4.71. The Balaban J connectivity index is 2.69. The predicted molar refractivity (Wildman–Crippen MR) is 54.9 cm³/mol. The molecule has 3 nitrogen and oxygen atoms in total. The normalized spacial score (nSPS) is 10.4. The summed E-state index contributed by atoms with van der Waals surface area (Å²) in [5, 5.41) is 0.556. The van der Waals surface area contributed by atoms with Gasteiger partial charge in [-0.3, -0.25) is 4.98 Å². The van der Waals surface area contributed by atoms with E-state index in [4.69, 9.17) is 16.3 Å². The van der Waals surface area contributed by atoms with E-state index in [1.807, 2.05) is 0 Å². The summed E-state index contributed by atoms with van der Waals surface area (Å²) in [6.45, 7) is 2.12. The lowest BCUT2D eigenvalue weighted by atomic mass is 10.2. The maximum atomic E-state index is 11.0. The minimum atomic E-state index is -0.382. The van der Waals surface area contributed by atoms with Crippen molar-refractivity contribution in [2.75, 3.05) is 6.61 Å². The molecule has 0 N–H and O–H groups in total. The molecule has 0 aliphatic heterocycles. The zero-order chi connectivity index (χ0) is 10.4. The molecule has 1 aromatic heterocycles. The van der Waals surface area contributed by atoms with Crippen LogP contribution >= 0.6 is 11.6 Å². The zero-order valence-electron chi connectivity index (χ0n) is 7.74. The van der Waals surface area contributed by atoms with Gasteiger partial charge in [-0.1, -0.05) is 11.6 Å². The fourth-order valence-electron chi connectivity index (χ4n) is 0.861. The molecule has 14 heavy (non-hydrogen) atoms. The van der Waals surface area contributed by atoms with Gasteiger partial charge in [-0.15, -0.1) is 0 Å². The molecule has 0 amide bonds. The number of pyridine rings is 1. The van der Waals surface area contributed by atoms with E-state index in [0.717, 1.165) is 0 Å². The molecule has 0 aromatic carbocycles. The van der Waals surface area contributed by atoms with E-state index < -0.39 is 0 Å². The molecule has 1 aromatic rings. The molecule has 0 radical (unpaired) electrons. The molecule has 0 aliphatic rings. The number of nitrogens with zero attached hydrogens (tertiary/aromatic N) is 1. The summed E-state index contributed by atoms with van der Waals surface area (Å²) in [6, 6.07) is 1.66. The fraction of sp³-hybridized carbons (Fsp3) is 0.200. The van der Waals surface area contributed by atoms with E-state index in [9.17, 15) is 4.79 Å². The van der Waals surface area contributed by atoms with Gasteiger partial charge < -0.3 is 4.74 Å². The minimum absolute atomic E-state index is 0.365. The lowest BCUT2D eigenvalue weighted by Crippen LogP contribution is -1.98. The van der Waals surface area contributed by atoms with Crippen LogP contribution in [0, 0.1) is 0 Å². The standard InChI is InChI=1S/C10H10ClNO2/c1-2-14-10(13)4-3-8-7-12-6-5-9(8)11/h3-7H,2H2,1H3. The van der Waals surface area contributed by atoms with Gasteiger partial charge in [0.1, 0.15) is 0 Å². The number of rotatable bonds is 3. The van der Waals surface area contributed by atoms with Crippen molar-refractivity contribution in [1.82, 2.24) is 4.98 Å². The highest BCUT2D eigenvalue weighted by Crippen LogP contribution is 2.14. The second kappa shape index (κ2) is 5.40. The van der Waals surface area contributed by atoms with Gasteiger partial charge in [-0.25, -0.2) is 4.79 Å². The third kappa shape index (κ3) is 3.18. The smallest absolute Gasteiger partial charge is 0.330 e. The number of hydrogen-bond acceptors (Lipinski definition) is 3. The van der Waals surface area contributed by atoms with Gasteiger partial charge in [0, 0.05) is 24.0 Å². The summed E-state index contributed by atoms with van der Waals surface area (Å²) in [5.41, 5.74) is 0.696. The topological polar surface area (TPSA) is 39.2 Å². The molecule has 0 spiro atoms. The van der Waals surface area contributed by atoms with E-state index in [1.165, 1.54) is 6.08 Å². The highest BCUT2D eigenvalue weighted by molar-refractivity contribution is 6.32. The molecule has 74 valence electrons. The van der Waals surface area contributed by atoms with E-state index in [1.54, 1.807) is 31.5 Å². The second-order valence-corrected chi connectivity index (χ2v) is 2.89. The largest absolute Gasteiger partial charge is 0.463 e. The Bertz CT molecular complexity index is 350. The Morgan fingerprint density at radius 1 is 1.71 bits per heavy atom. The molecule has 4 heteroatoms. The van der Waals surface area contributed by atoms with Crippen LogP contribution in [-0.2, 0) is 9.53 Å². The fourth-order valence-corrected chi connectivity index (χ4v) is 1.03. The molecule has 0 fully saturated rings. The van der Waals surface area contributed by atoms with Crippen molar-refractivity contribution in [3.05, 3.63) is 35.1 Å². The molecule has 0 saturated carbocycles. The predicted octanol–water partition coefficient (Wildman–Crippen LogP) is 2.31. The molecule has 0 saturated heterocycles. The van der Waals surface area contributed by atoms with Gasteiger partial charge in [-0.05, 0) is 19.1 Å². The van der Waals surface area contributed by atoms with E-state index in [2.05, 4.69) is 4.98 Å². The Labute approximate surface area is 87.4 Å². The van der Waals surface area contributed by atoms with Crippen LogP contribution in [0.2, 0.25) is 5.02 Å². The van der Waals surface area contributed by atoms with Gasteiger partial charge >= 0.3 is 5.97 Å². The number of carbonyl (C=O) groups is 1. The maximum Gasteiger partial charge on any atom is 0.330 e. The molecule has 0 aliphatic carbocycles. The van der Waals surface area contributed by atoms with Crippen LogP contribution in [0.25, 0.3) is 6.08 Å². The summed E-state index contributed by atoms with van der Waals surface area (Å²) >= 11 is 5.84. The van der Waals surface area contributed by atoms with Crippen LogP contribution in [0.5, 0.6) is 0 Å². The Hall–Kier alpha value is -1.35.